The third kappa shape index (κ3) is 6.97. The lowest BCUT2D eigenvalue weighted by molar-refractivity contribution is -0.384. The lowest BCUT2D eigenvalue weighted by atomic mass is 10.1. The van der Waals surface area contributed by atoms with E-state index in [9.17, 15) is 50.8 Å². The Balaban J connectivity index is 1.44. The van der Waals surface area contributed by atoms with Crippen LogP contribution in [-0.4, -0.2) is 36.0 Å². The number of nitrogens with zero attached hydrogens (tertiary/aromatic N) is 3. The van der Waals surface area contributed by atoms with Gasteiger partial charge in [-0.15, -0.1) is 0 Å². The molecule has 0 amide bonds. The fraction of sp³-hybridized carbons (Fsp3) is 0. The Morgan fingerprint density at radius 2 is 1.43 bits per heavy atom. The summed E-state index contributed by atoms with van der Waals surface area (Å²) in [4.78, 5) is 34.5. The van der Waals surface area contributed by atoms with E-state index in [0.29, 0.717) is 11.4 Å². The zero-order chi connectivity index (χ0) is 34.1. The van der Waals surface area contributed by atoms with Crippen LogP contribution in [0, 0.1) is 10.1 Å². The molecule has 0 aliphatic heterocycles. The summed E-state index contributed by atoms with van der Waals surface area (Å²) in [5, 5.41) is 31.1. The minimum Gasteiger partial charge on any atom is -0.504 e. The molecule has 0 aliphatic carbocycles. The Morgan fingerprint density at radius 3 is 2.09 bits per heavy atom. The molecule has 47 heavy (non-hydrogen) atoms. The summed E-state index contributed by atoms with van der Waals surface area (Å²) in [6.45, 7) is 0. The first kappa shape index (κ1) is 32.4. The molecule has 0 spiro atoms. The van der Waals surface area contributed by atoms with Gasteiger partial charge in [-0.1, -0.05) is 12.1 Å². The monoisotopic (exact) mass is 680 g/mol. The summed E-state index contributed by atoms with van der Waals surface area (Å²) < 4.78 is 66.6. The molecule has 0 atom stereocenters. The van der Waals surface area contributed by atoms with Crippen molar-refractivity contribution in [1.82, 2.24) is 0 Å². The minimum absolute atomic E-state index is 0.0280. The van der Waals surface area contributed by atoms with Crippen LogP contribution < -0.4 is 37.7 Å². The number of anilines is 4. The number of rotatable bonds is 9. The van der Waals surface area contributed by atoms with E-state index in [1.807, 2.05) is 0 Å². The molecule has 240 valence electrons. The van der Waals surface area contributed by atoms with E-state index in [1.165, 1.54) is 30.3 Å². The first-order valence-corrected chi connectivity index (χ1v) is 15.8. The van der Waals surface area contributed by atoms with Gasteiger partial charge >= 0.3 is 0 Å². The second-order valence-electron chi connectivity index (χ2n) is 9.62. The van der Waals surface area contributed by atoms with E-state index < -0.39 is 63.4 Å². The third-order valence-electron chi connectivity index (χ3n) is 6.52. The summed E-state index contributed by atoms with van der Waals surface area (Å²) in [6, 6.07) is 18.2. The van der Waals surface area contributed by atoms with Gasteiger partial charge in [0.2, 0.25) is 10.9 Å². The molecule has 5 aromatic rings. The number of phenols is 1. The number of fused-ring (bicyclic) bond motifs is 1. The van der Waals surface area contributed by atoms with Gasteiger partial charge in [0.25, 0.3) is 25.9 Å². The van der Waals surface area contributed by atoms with Gasteiger partial charge in [-0.05, 0) is 66.0 Å². The lowest BCUT2D eigenvalue weighted by Gasteiger charge is -2.11. The molecular weight excluding hydrogens is 660 g/mol. The van der Waals surface area contributed by atoms with Gasteiger partial charge < -0.3 is 10.4 Å². The number of nitrogens with one attached hydrogen (secondary N) is 3. The largest absolute Gasteiger partial charge is 0.504 e. The predicted molar refractivity (Wildman–Crippen MR) is 168 cm³/mol. The van der Waals surface area contributed by atoms with Crippen molar-refractivity contribution in [3.8, 4) is 5.75 Å². The standard InChI is InChI=1S/C28H20N6O11S2/c35-23-12-11-21(31-30-17-8-6-16(7-9-17)29-20-3-1-2-4-24(20)46(40,41)42)26(36)25(23)33-32-22-13-15-5-10-18(34(38)39)14-19(15)28(27(22)37)47(43,44)45/h1-14,29-30,32,37H,(H,40,41,42)(H,43,44,45). The van der Waals surface area contributed by atoms with Gasteiger partial charge in [-0.2, -0.15) is 27.0 Å². The summed E-state index contributed by atoms with van der Waals surface area (Å²) in [7, 11) is -9.61. The fourth-order valence-corrected chi connectivity index (χ4v) is 5.81. The molecule has 0 radical (unpaired) electrons. The molecule has 0 saturated carbocycles. The molecule has 19 heteroatoms. The van der Waals surface area contributed by atoms with Crippen LogP contribution in [-0.2, 0) is 20.2 Å². The van der Waals surface area contributed by atoms with E-state index in [2.05, 4.69) is 26.4 Å². The van der Waals surface area contributed by atoms with E-state index >= 15 is 0 Å². The van der Waals surface area contributed by atoms with Crippen molar-refractivity contribution in [2.24, 2.45) is 10.2 Å². The number of nitro groups is 1. The highest BCUT2D eigenvalue weighted by Gasteiger charge is 2.24. The number of hydrogen-bond acceptors (Lipinski definition) is 14. The highest BCUT2D eigenvalue weighted by atomic mass is 32.2. The van der Waals surface area contributed by atoms with Gasteiger partial charge in [0, 0.05) is 23.2 Å². The first-order valence-electron chi connectivity index (χ1n) is 12.9. The second kappa shape index (κ2) is 12.4. The van der Waals surface area contributed by atoms with Crippen LogP contribution in [0.5, 0.6) is 5.75 Å². The van der Waals surface area contributed by atoms with E-state index in [-0.39, 0.29) is 26.7 Å². The molecule has 0 unspecified atom stereocenters. The van der Waals surface area contributed by atoms with Crippen LogP contribution in [0.1, 0.15) is 0 Å². The van der Waals surface area contributed by atoms with Crippen LogP contribution in [0.15, 0.2) is 115 Å². The van der Waals surface area contributed by atoms with E-state index in [0.717, 1.165) is 36.4 Å². The Morgan fingerprint density at radius 1 is 0.745 bits per heavy atom. The molecule has 5 aromatic carbocycles. The SMILES string of the molecule is O=c1ccc(=NNc2ccc(Nc3ccccc3S(=O)(=O)O)cc2)c(=O)c1=NNc1cc2ccc([N+](=O)[O-])cc2c(S(=O)(=O)O)c1O. The normalized spacial score (nSPS) is 12.6. The smallest absolute Gasteiger partial charge is 0.298 e. The predicted octanol–water partition coefficient (Wildman–Crippen LogP) is 2.14. The fourth-order valence-electron chi connectivity index (χ4n) is 4.36. The molecule has 0 fully saturated rings. The Bertz CT molecular complexity index is 2530. The summed E-state index contributed by atoms with van der Waals surface area (Å²) in [5.41, 5.74) is 3.05. The highest BCUT2D eigenvalue weighted by Crippen LogP contribution is 2.39. The number of non-ortho nitro benzene ring substituents is 1. The molecular formula is C28H20N6O11S2. The lowest BCUT2D eigenvalue weighted by Crippen LogP contribution is -2.47. The molecule has 0 heterocycles. The summed E-state index contributed by atoms with van der Waals surface area (Å²) in [5.74, 6) is -1.08. The maximum absolute atomic E-state index is 13.0. The Labute approximate surface area is 263 Å². The number of hydrogen-bond donors (Lipinski definition) is 6. The van der Waals surface area contributed by atoms with Gasteiger partial charge in [0.1, 0.15) is 15.1 Å². The molecule has 0 aliphatic rings. The van der Waals surface area contributed by atoms with E-state index in [1.54, 1.807) is 18.2 Å². The average molecular weight is 681 g/mol. The highest BCUT2D eigenvalue weighted by molar-refractivity contribution is 7.86. The second-order valence-corrected chi connectivity index (χ2v) is 12.4. The number of nitro benzene ring substituents is 1. The third-order valence-corrected chi connectivity index (χ3v) is 8.36. The number of para-hydroxylation sites is 1. The van der Waals surface area contributed by atoms with Crippen molar-refractivity contribution in [1.29, 1.82) is 0 Å². The molecule has 5 rings (SSSR count). The van der Waals surface area contributed by atoms with Gasteiger partial charge in [-0.25, -0.2) is 0 Å². The maximum atomic E-state index is 13.0. The van der Waals surface area contributed by atoms with Gasteiger partial charge in [-0.3, -0.25) is 39.7 Å². The average Bonchev–Trinajstić information content (AvgIpc) is 3.00. The quantitative estimate of drug-likeness (QED) is 0.0564. The molecule has 0 aromatic heterocycles. The zero-order valence-corrected chi connectivity index (χ0v) is 25.0. The van der Waals surface area contributed by atoms with Crippen molar-refractivity contribution in [2.45, 2.75) is 9.79 Å². The number of aromatic hydroxyl groups is 1. The van der Waals surface area contributed by atoms with Crippen molar-refractivity contribution < 1.29 is 36.0 Å². The van der Waals surface area contributed by atoms with Crippen molar-refractivity contribution >= 4 is 59.4 Å². The van der Waals surface area contributed by atoms with Crippen molar-refractivity contribution in [3.05, 3.63) is 126 Å². The number of phenolic OH excluding ortho intramolecular Hbond substituents is 1. The van der Waals surface area contributed by atoms with Crippen LogP contribution in [0.4, 0.5) is 28.4 Å². The first-order chi connectivity index (χ1) is 22.1. The molecule has 17 nitrogen and oxygen atoms in total. The topological polar surface area (TPSA) is 267 Å². The molecule has 0 saturated heterocycles. The van der Waals surface area contributed by atoms with Crippen molar-refractivity contribution in [2.75, 3.05) is 16.2 Å². The maximum Gasteiger partial charge on any atom is 0.298 e. The summed E-state index contributed by atoms with van der Waals surface area (Å²) in [6.07, 6.45) is 0. The van der Waals surface area contributed by atoms with Crippen molar-refractivity contribution in [3.63, 3.8) is 0 Å². The number of benzene rings is 5. The zero-order valence-electron chi connectivity index (χ0n) is 23.3. The minimum atomic E-state index is -5.13. The van der Waals surface area contributed by atoms with Crippen LogP contribution in [0.3, 0.4) is 0 Å². The Kier molecular flexibility index (Phi) is 8.54. The molecule has 0 bridgehead atoms. The van der Waals surface area contributed by atoms with Crippen LogP contribution >= 0.6 is 0 Å². The Hall–Kier alpha value is -6.02. The molecule has 6 N–H and O–H groups in total. The van der Waals surface area contributed by atoms with E-state index in [4.69, 9.17) is 0 Å². The van der Waals surface area contributed by atoms with Gasteiger partial charge in [0.05, 0.1) is 22.0 Å². The van der Waals surface area contributed by atoms with Crippen LogP contribution in [0.25, 0.3) is 10.8 Å². The van der Waals surface area contributed by atoms with Gasteiger partial charge in [0.15, 0.2) is 11.1 Å². The van der Waals surface area contributed by atoms with Crippen LogP contribution in [0.2, 0.25) is 0 Å². The summed E-state index contributed by atoms with van der Waals surface area (Å²) >= 11 is 0.